The van der Waals surface area contributed by atoms with E-state index in [1.54, 1.807) is 25.3 Å². The third-order valence-electron chi connectivity index (χ3n) is 4.85. The molecule has 4 rings (SSSR count). The molecule has 0 radical (unpaired) electrons. The minimum absolute atomic E-state index is 0.197. The van der Waals surface area contributed by atoms with E-state index in [0.717, 1.165) is 33.5 Å². The SMILES string of the molecule is COc1ccc(C(=O)NC(=S)Nc2ccc(-c3nc4cc(C)cc(C)c4o3)cc2)cc1Br. The summed E-state index contributed by atoms with van der Waals surface area (Å²) in [7, 11) is 1.57. The second-order valence-electron chi connectivity index (χ2n) is 7.28. The summed E-state index contributed by atoms with van der Waals surface area (Å²) in [5, 5.41) is 5.88. The number of nitrogens with zero attached hydrogens (tertiary/aromatic N) is 1. The van der Waals surface area contributed by atoms with Crippen LogP contribution in [0, 0.1) is 13.8 Å². The van der Waals surface area contributed by atoms with Crippen molar-refractivity contribution in [2.24, 2.45) is 0 Å². The van der Waals surface area contributed by atoms with Gasteiger partial charge in [0.25, 0.3) is 5.91 Å². The number of benzene rings is 3. The van der Waals surface area contributed by atoms with Crippen molar-refractivity contribution >= 4 is 56.0 Å². The molecular weight excluding hydrogens is 490 g/mol. The lowest BCUT2D eigenvalue weighted by Crippen LogP contribution is -2.34. The monoisotopic (exact) mass is 509 g/mol. The predicted molar refractivity (Wildman–Crippen MR) is 133 cm³/mol. The number of anilines is 1. The number of carbonyl (C=O) groups is 1. The van der Waals surface area contributed by atoms with Gasteiger partial charge in [0, 0.05) is 16.8 Å². The molecule has 0 spiro atoms. The van der Waals surface area contributed by atoms with Crippen molar-refractivity contribution < 1.29 is 13.9 Å². The first kappa shape index (κ1) is 22.0. The van der Waals surface area contributed by atoms with Crippen LogP contribution in [-0.2, 0) is 0 Å². The number of nitrogens with one attached hydrogen (secondary N) is 2. The summed E-state index contributed by atoms with van der Waals surface area (Å²) in [6.45, 7) is 4.05. The number of fused-ring (bicyclic) bond motifs is 1. The molecule has 0 aliphatic rings. The van der Waals surface area contributed by atoms with Crippen LogP contribution in [0.4, 0.5) is 5.69 Å². The Morgan fingerprint density at radius 2 is 1.84 bits per heavy atom. The van der Waals surface area contributed by atoms with Gasteiger partial charge in [-0.05, 0) is 102 Å². The second kappa shape index (κ2) is 9.10. The lowest BCUT2D eigenvalue weighted by Gasteiger charge is -2.11. The van der Waals surface area contributed by atoms with Gasteiger partial charge in [-0.25, -0.2) is 4.98 Å². The van der Waals surface area contributed by atoms with Crippen LogP contribution in [0.15, 0.2) is 63.5 Å². The third kappa shape index (κ3) is 4.66. The number of hydrogen-bond acceptors (Lipinski definition) is 5. The summed E-state index contributed by atoms with van der Waals surface area (Å²) in [4.78, 5) is 17.1. The summed E-state index contributed by atoms with van der Waals surface area (Å²) in [5.74, 6) is 0.882. The largest absolute Gasteiger partial charge is 0.496 e. The van der Waals surface area contributed by atoms with Crippen molar-refractivity contribution in [2.45, 2.75) is 13.8 Å². The minimum atomic E-state index is -0.320. The Bertz CT molecular complexity index is 1330. The first-order valence-corrected chi connectivity index (χ1v) is 11.0. The summed E-state index contributed by atoms with van der Waals surface area (Å²) in [5.41, 5.74) is 5.88. The molecule has 0 unspecified atom stereocenters. The van der Waals surface area contributed by atoms with Gasteiger partial charge in [-0.3, -0.25) is 10.1 Å². The molecule has 1 amide bonds. The Kier molecular flexibility index (Phi) is 6.25. The normalized spacial score (nSPS) is 10.8. The van der Waals surface area contributed by atoms with E-state index in [1.807, 2.05) is 44.2 Å². The Labute approximate surface area is 199 Å². The zero-order valence-electron chi connectivity index (χ0n) is 17.7. The van der Waals surface area contributed by atoms with E-state index >= 15 is 0 Å². The van der Waals surface area contributed by atoms with E-state index in [1.165, 1.54) is 0 Å². The molecule has 162 valence electrons. The standard InChI is InChI=1S/C24H20BrN3O3S/c1-13-10-14(2)21-19(11-13)27-23(31-21)15-4-7-17(8-5-15)26-24(32)28-22(29)16-6-9-20(30-3)18(25)12-16/h4-12H,1-3H3,(H2,26,28,29,32). The number of ether oxygens (including phenoxy) is 1. The average Bonchev–Trinajstić information content (AvgIpc) is 3.18. The number of aromatic nitrogens is 1. The van der Waals surface area contributed by atoms with Crippen LogP contribution in [0.1, 0.15) is 21.5 Å². The quantitative estimate of drug-likeness (QED) is 0.328. The Hall–Kier alpha value is -3.23. The summed E-state index contributed by atoms with van der Waals surface area (Å²) < 4.78 is 11.8. The molecule has 0 atom stereocenters. The lowest BCUT2D eigenvalue weighted by molar-refractivity contribution is 0.0977. The maximum absolute atomic E-state index is 12.5. The van der Waals surface area contributed by atoms with Gasteiger partial charge in [-0.2, -0.15) is 0 Å². The number of thiocarbonyl (C=S) groups is 1. The lowest BCUT2D eigenvalue weighted by atomic mass is 10.1. The number of oxazole rings is 1. The fraction of sp³-hybridized carbons (Fsp3) is 0.125. The number of rotatable bonds is 4. The number of hydrogen-bond donors (Lipinski definition) is 2. The molecule has 3 aromatic carbocycles. The average molecular weight is 510 g/mol. The van der Waals surface area contributed by atoms with Crippen LogP contribution in [0.25, 0.3) is 22.6 Å². The first-order valence-electron chi connectivity index (χ1n) is 9.78. The van der Waals surface area contributed by atoms with Crippen molar-refractivity contribution in [2.75, 3.05) is 12.4 Å². The summed E-state index contributed by atoms with van der Waals surface area (Å²) in [6.07, 6.45) is 0. The van der Waals surface area contributed by atoms with Crippen LogP contribution in [0.5, 0.6) is 5.75 Å². The van der Waals surface area contributed by atoms with Gasteiger partial charge in [0.1, 0.15) is 11.3 Å². The van der Waals surface area contributed by atoms with Crippen molar-refractivity contribution in [3.8, 4) is 17.2 Å². The smallest absolute Gasteiger partial charge is 0.257 e. The molecular formula is C24H20BrN3O3S. The molecule has 0 saturated heterocycles. The zero-order valence-corrected chi connectivity index (χ0v) is 20.1. The Balaban J connectivity index is 1.43. The minimum Gasteiger partial charge on any atom is -0.496 e. The molecule has 0 aliphatic heterocycles. The molecule has 1 heterocycles. The van der Waals surface area contributed by atoms with Crippen LogP contribution in [0.3, 0.4) is 0 Å². The van der Waals surface area contributed by atoms with E-state index in [0.29, 0.717) is 21.7 Å². The molecule has 4 aromatic rings. The van der Waals surface area contributed by atoms with Gasteiger partial charge >= 0.3 is 0 Å². The predicted octanol–water partition coefficient (Wildman–Crippen LogP) is 6.01. The number of carbonyl (C=O) groups excluding carboxylic acids is 1. The van der Waals surface area contributed by atoms with Gasteiger partial charge < -0.3 is 14.5 Å². The van der Waals surface area contributed by atoms with Crippen LogP contribution < -0.4 is 15.4 Å². The van der Waals surface area contributed by atoms with Crippen molar-refractivity contribution in [3.63, 3.8) is 0 Å². The van der Waals surface area contributed by atoms with E-state index < -0.39 is 0 Å². The third-order valence-corrected chi connectivity index (χ3v) is 5.67. The number of halogens is 1. The fourth-order valence-corrected chi connectivity index (χ4v) is 4.09. The molecule has 8 heteroatoms. The highest BCUT2D eigenvalue weighted by atomic mass is 79.9. The highest BCUT2D eigenvalue weighted by Crippen LogP contribution is 2.28. The van der Waals surface area contributed by atoms with Crippen molar-refractivity contribution in [1.29, 1.82) is 0 Å². The number of amides is 1. The van der Waals surface area contributed by atoms with Crippen molar-refractivity contribution in [1.82, 2.24) is 10.3 Å². The molecule has 0 saturated carbocycles. The molecule has 6 nitrogen and oxygen atoms in total. The second-order valence-corrected chi connectivity index (χ2v) is 8.55. The molecule has 2 N–H and O–H groups in total. The van der Waals surface area contributed by atoms with E-state index in [-0.39, 0.29) is 11.0 Å². The van der Waals surface area contributed by atoms with Gasteiger partial charge in [0.2, 0.25) is 5.89 Å². The maximum Gasteiger partial charge on any atom is 0.257 e. The number of aryl methyl sites for hydroxylation is 2. The molecule has 0 aliphatic carbocycles. The molecule has 0 fully saturated rings. The highest BCUT2D eigenvalue weighted by molar-refractivity contribution is 9.10. The van der Waals surface area contributed by atoms with Gasteiger partial charge in [-0.1, -0.05) is 6.07 Å². The van der Waals surface area contributed by atoms with E-state index in [4.69, 9.17) is 21.4 Å². The van der Waals surface area contributed by atoms with Gasteiger partial charge in [-0.15, -0.1) is 0 Å². The Morgan fingerprint density at radius 3 is 2.53 bits per heavy atom. The van der Waals surface area contributed by atoms with Crippen LogP contribution in [0.2, 0.25) is 0 Å². The maximum atomic E-state index is 12.5. The first-order chi connectivity index (χ1) is 15.3. The zero-order chi connectivity index (χ0) is 22.8. The molecule has 0 bridgehead atoms. The van der Waals surface area contributed by atoms with Gasteiger partial charge in [0.15, 0.2) is 10.7 Å². The van der Waals surface area contributed by atoms with Crippen LogP contribution >= 0.6 is 28.1 Å². The summed E-state index contributed by atoms with van der Waals surface area (Å²) >= 11 is 8.65. The Morgan fingerprint density at radius 1 is 1.09 bits per heavy atom. The van der Waals surface area contributed by atoms with Crippen LogP contribution in [-0.4, -0.2) is 23.1 Å². The molecule has 32 heavy (non-hydrogen) atoms. The summed E-state index contributed by atoms with van der Waals surface area (Å²) in [6, 6.07) is 16.6. The topological polar surface area (TPSA) is 76.4 Å². The molecule has 1 aromatic heterocycles. The van der Waals surface area contributed by atoms with E-state index in [2.05, 4.69) is 37.6 Å². The fourth-order valence-electron chi connectivity index (χ4n) is 3.34. The van der Waals surface area contributed by atoms with Crippen molar-refractivity contribution in [3.05, 3.63) is 75.8 Å². The number of methoxy groups -OCH3 is 1. The highest BCUT2D eigenvalue weighted by Gasteiger charge is 2.13. The van der Waals surface area contributed by atoms with Gasteiger partial charge in [0.05, 0.1) is 11.6 Å². The van der Waals surface area contributed by atoms with E-state index in [9.17, 15) is 4.79 Å².